The summed E-state index contributed by atoms with van der Waals surface area (Å²) < 4.78 is 0. The van der Waals surface area contributed by atoms with Crippen LogP contribution in [-0.2, 0) is 28.9 Å². The average molecular weight is 277 g/mol. The van der Waals surface area contributed by atoms with E-state index in [4.69, 9.17) is 10.2 Å². The molecule has 0 saturated heterocycles. The summed E-state index contributed by atoms with van der Waals surface area (Å²) in [6.07, 6.45) is 4.65. The maximum absolute atomic E-state index is 11.8. The first kappa shape index (κ1) is 14.5. The van der Waals surface area contributed by atoms with Crippen molar-refractivity contribution in [2.75, 3.05) is 6.61 Å². The maximum Gasteiger partial charge on any atom is 0.328 e. The molecule has 2 rings (SSSR count). The molecular formula is C15H19NO4. The summed E-state index contributed by atoms with van der Waals surface area (Å²) in [5.41, 5.74) is 3.52. The highest BCUT2D eigenvalue weighted by Gasteiger charge is 2.19. The van der Waals surface area contributed by atoms with Gasteiger partial charge in [0, 0.05) is 0 Å². The minimum atomic E-state index is -1.24. The summed E-state index contributed by atoms with van der Waals surface area (Å²) in [7, 11) is 0. The van der Waals surface area contributed by atoms with Crippen LogP contribution in [0.2, 0.25) is 0 Å². The van der Waals surface area contributed by atoms with Crippen molar-refractivity contribution in [2.24, 2.45) is 0 Å². The molecule has 0 unspecified atom stereocenters. The van der Waals surface area contributed by atoms with E-state index >= 15 is 0 Å². The number of hydrogen-bond donors (Lipinski definition) is 3. The van der Waals surface area contributed by atoms with Gasteiger partial charge in [0.1, 0.15) is 6.04 Å². The van der Waals surface area contributed by atoms with Gasteiger partial charge in [-0.1, -0.05) is 18.2 Å². The zero-order chi connectivity index (χ0) is 14.5. The highest BCUT2D eigenvalue weighted by Crippen LogP contribution is 2.22. The fraction of sp³-hybridized carbons (Fsp3) is 0.467. The lowest BCUT2D eigenvalue weighted by Crippen LogP contribution is -2.43. The first-order valence-electron chi connectivity index (χ1n) is 6.84. The minimum Gasteiger partial charge on any atom is -0.480 e. The lowest BCUT2D eigenvalue weighted by molar-refractivity contribution is -0.142. The van der Waals surface area contributed by atoms with Gasteiger partial charge >= 0.3 is 5.97 Å². The molecule has 1 aliphatic rings. The van der Waals surface area contributed by atoms with Crippen LogP contribution in [0.3, 0.4) is 0 Å². The van der Waals surface area contributed by atoms with E-state index in [1.807, 2.05) is 12.1 Å². The number of nitrogens with one attached hydrogen (secondary N) is 1. The second-order valence-corrected chi connectivity index (χ2v) is 5.13. The minimum absolute atomic E-state index is 0.136. The summed E-state index contributed by atoms with van der Waals surface area (Å²) >= 11 is 0. The summed E-state index contributed by atoms with van der Waals surface area (Å²) in [4.78, 5) is 22.5. The number of amides is 1. The second-order valence-electron chi connectivity index (χ2n) is 5.13. The van der Waals surface area contributed by atoms with Gasteiger partial charge in [-0.3, -0.25) is 4.79 Å². The van der Waals surface area contributed by atoms with Gasteiger partial charge in [-0.25, -0.2) is 4.79 Å². The summed E-state index contributed by atoms with van der Waals surface area (Å²) in [6, 6.07) is 4.76. The topological polar surface area (TPSA) is 86.6 Å². The van der Waals surface area contributed by atoms with Crippen LogP contribution < -0.4 is 5.32 Å². The Kier molecular flexibility index (Phi) is 4.74. The molecule has 1 amide bonds. The fourth-order valence-corrected chi connectivity index (χ4v) is 2.51. The third-order valence-electron chi connectivity index (χ3n) is 3.59. The molecule has 5 heteroatoms. The van der Waals surface area contributed by atoms with Crippen molar-refractivity contribution in [2.45, 2.75) is 38.1 Å². The number of carbonyl (C=O) groups excluding carboxylic acids is 1. The SMILES string of the molecule is O=C(Cc1ccc2c(c1)CCCC2)N[C@H](CO)C(=O)O. The van der Waals surface area contributed by atoms with Crippen LogP contribution in [0.1, 0.15) is 29.5 Å². The van der Waals surface area contributed by atoms with Crippen molar-refractivity contribution < 1.29 is 19.8 Å². The molecule has 5 nitrogen and oxygen atoms in total. The van der Waals surface area contributed by atoms with Gasteiger partial charge < -0.3 is 15.5 Å². The molecule has 0 saturated carbocycles. The van der Waals surface area contributed by atoms with Crippen LogP contribution >= 0.6 is 0 Å². The van der Waals surface area contributed by atoms with E-state index in [1.165, 1.54) is 24.0 Å². The van der Waals surface area contributed by atoms with Crippen LogP contribution in [0, 0.1) is 0 Å². The van der Waals surface area contributed by atoms with E-state index in [0.29, 0.717) is 0 Å². The molecule has 0 spiro atoms. The van der Waals surface area contributed by atoms with Gasteiger partial charge in [-0.2, -0.15) is 0 Å². The van der Waals surface area contributed by atoms with Crippen LogP contribution in [0.4, 0.5) is 0 Å². The van der Waals surface area contributed by atoms with E-state index in [-0.39, 0.29) is 12.3 Å². The van der Waals surface area contributed by atoms with Gasteiger partial charge in [0.25, 0.3) is 0 Å². The third kappa shape index (κ3) is 3.57. The van der Waals surface area contributed by atoms with E-state index in [1.54, 1.807) is 0 Å². The smallest absolute Gasteiger partial charge is 0.328 e. The molecule has 0 heterocycles. The Morgan fingerprint density at radius 2 is 1.90 bits per heavy atom. The van der Waals surface area contributed by atoms with Gasteiger partial charge in [0.2, 0.25) is 5.91 Å². The third-order valence-corrected chi connectivity index (χ3v) is 3.59. The van der Waals surface area contributed by atoms with E-state index in [0.717, 1.165) is 18.4 Å². The molecule has 0 aliphatic heterocycles. The highest BCUT2D eigenvalue weighted by molar-refractivity contribution is 5.84. The summed E-state index contributed by atoms with van der Waals surface area (Å²) in [5, 5.41) is 20.0. The Morgan fingerprint density at radius 3 is 2.55 bits per heavy atom. The Balaban J connectivity index is 1.99. The van der Waals surface area contributed by atoms with Crippen LogP contribution in [0.25, 0.3) is 0 Å². The standard InChI is InChI=1S/C15H19NO4/c17-9-13(15(19)20)16-14(18)8-10-5-6-11-3-1-2-4-12(11)7-10/h5-7,13,17H,1-4,8-9H2,(H,16,18)(H,19,20)/t13-/m1/s1. The normalized spacial score (nSPS) is 15.2. The molecular weight excluding hydrogens is 258 g/mol. The van der Waals surface area contributed by atoms with E-state index < -0.39 is 18.6 Å². The number of carboxylic acids is 1. The van der Waals surface area contributed by atoms with Crippen molar-refractivity contribution in [3.8, 4) is 0 Å². The molecule has 1 aliphatic carbocycles. The van der Waals surface area contributed by atoms with Gasteiger partial charge in [-0.15, -0.1) is 0 Å². The molecule has 1 atom stereocenters. The Labute approximate surface area is 117 Å². The van der Waals surface area contributed by atoms with E-state index in [2.05, 4.69) is 11.4 Å². The van der Waals surface area contributed by atoms with Crippen molar-refractivity contribution in [1.29, 1.82) is 0 Å². The van der Waals surface area contributed by atoms with Crippen LogP contribution in [-0.4, -0.2) is 34.7 Å². The number of aliphatic hydroxyl groups excluding tert-OH is 1. The number of carbonyl (C=O) groups is 2. The van der Waals surface area contributed by atoms with Crippen LogP contribution in [0.15, 0.2) is 18.2 Å². The number of carboxylic acid groups (broad SMARTS) is 1. The highest BCUT2D eigenvalue weighted by atomic mass is 16.4. The Hall–Kier alpha value is -1.88. The molecule has 0 radical (unpaired) electrons. The zero-order valence-electron chi connectivity index (χ0n) is 11.3. The van der Waals surface area contributed by atoms with Crippen molar-refractivity contribution in [3.63, 3.8) is 0 Å². The van der Waals surface area contributed by atoms with Crippen molar-refractivity contribution in [1.82, 2.24) is 5.32 Å². The first-order valence-corrected chi connectivity index (χ1v) is 6.84. The van der Waals surface area contributed by atoms with Gasteiger partial charge in [0.15, 0.2) is 0 Å². The largest absolute Gasteiger partial charge is 0.480 e. The number of benzene rings is 1. The van der Waals surface area contributed by atoms with Gasteiger partial charge in [-0.05, 0) is 42.4 Å². The molecule has 108 valence electrons. The monoisotopic (exact) mass is 277 g/mol. The number of rotatable bonds is 5. The molecule has 0 aromatic heterocycles. The molecule has 1 aromatic carbocycles. The molecule has 0 fully saturated rings. The molecule has 3 N–H and O–H groups in total. The number of aryl methyl sites for hydroxylation is 2. The van der Waals surface area contributed by atoms with Crippen LogP contribution in [0.5, 0.6) is 0 Å². The van der Waals surface area contributed by atoms with Crippen molar-refractivity contribution in [3.05, 3.63) is 34.9 Å². The number of fused-ring (bicyclic) bond motifs is 1. The quantitative estimate of drug-likeness (QED) is 0.738. The second kappa shape index (κ2) is 6.52. The number of aliphatic hydroxyl groups is 1. The lowest BCUT2D eigenvalue weighted by Gasteiger charge is -2.17. The Morgan fingerprint density at radius 1 is 1.20 bits per heavy atom. The molecule has 20 heavy (non-hydrogen) atoms. The van der Waals surface area contributed by atoms with E-state index in [9.17, 15) is 9.59 Å². The number of aliphatic carboxylic acids is 1. The Bertz CT molecular complexity index is 513. The maximum atomic E-state index is 11.8. The molecule has 0 bridgehead atoms. The summed E-state index contributed by atoms with van der Waals surface area (Å²) in [5.74, 6) is -1.62. The molecule has 1 aromatic rings. The first-order chi connectivity index (χ1) is 9.60. The van der Waals surface area contributed by atoms with Crippen molar-refractivity contribution >= 4 is 11.9 Å². The summed E-state index contributed by atoms with van der Waals surface area (Å²) in [6.45, 7) is -0.606. The number of hydrogen-bond acceptors (Lipinski definition) is 3. The predicted octanol–water partition coefficient (Wildman–Crippen LogP) is 0.670. The lowest BCUT2D eigenvalue weighted by atomic mass is 9.90. The zero-order valence-corrected chi connectivity index (χ0v) is 11.3. The van der Waals surface area contributed by atoms with Gasteiger partial charge in [0.05, 0.1) is 13.0 Å². The average Bonchev–Trinajstić information content (AvgIpc) is 2.44. The predicted molar refractivity (Wildman–Crippen MR) is 73.4 cm³/mol. The fourth-order valence-electron chi connectivity index (χ4n) is 2.51.